The smallest absolute Gasteiger partial charge is 0.270 e. The van der Waals surface area contributed by atoms with Gasteiger partial charge < -0.3 is 9.47 Å². The Kier molecular flexibility index (Phi) is 6.18. The Hall–Kier alpha value is -3.72. The summed E-state index contributed by atoms with van der Waals surface area (Å²) < 4.78 is 12.8. The molecule has 0 spiro atoms. The topological polar surface area (TPSA) is 94.3 Å². The first-order chi connectivity index (χ1) is 15.4. The van der Waals surface area contributed by atoms with Crippen LogP contribution in [0.25, 0.3) is 0 Å². The molecule has 32 heavy (non-hydrogen) atoms. The van der Waals surface area contributed by atoms with Crippen molar-refractivity contribution in [2.45, 2.75) is 19.8 Å². The van der Waals surface area contributed by atoms with Crippen molar-refractivity contribution < 1.29 is 19.2 Å². The summed E-state index contributed by atoms with van der Waals surface area (Å²) in [6.45, 7) is 1.71. The number of non-ortho nitro benzene ring substituents is 1. The number of rotatable bonds is 6. The molecule has 1 atom stereocenters. The molecular weight excluding hydrogens is 478 g/mol. The number of hydrazone groups is 1. The molecule has 0 saturated heterocycles. The molecule has 3 aromatic rings. The van der Waals surface area contributed by atoms with E-state index in [2.05, 4.69) is 21.0 Å². The molecule has 3 aromatic carbocycles. The molecule has 0 fully saturated rings. The Balaban J connectivity index is 1.65. The molecule has 0 aliphatic carbocycles. The molecule has 9 heteroatoms. The second-order valence-corrected chi connectivity index (χ2v) is 7.92. The van der Waals surface area contributed by atoms with Crippen LogP contribution in [-0.4, -0.2) is 21.7 Å². The molecule has 8 nitrogen and oxygen atoms in total. The van der Waals surface area contributed by atoms with Crippen LogP contribution >= 0.6 is 15.9 Å². The minimum absolute atomic E-state index is 0.0963. The molecule has 1 heterocycles. The van der Waals surface area contributed by atoms with Crippen molar-refractivity contribution in [1.29, 1.82) is 0 Å². The zero-order valence-electron chi connectivity index (χ0n) is 17.0. The van der Waals surface area contributed by atoms with Gasteiger partial charge in [-0.05, 0) is 29.8 Å². The highest BCUT2D eigenvalue weighted by Crippen LogP contribution is 2.37. The highest BCUT2D eigenvalue weighted by Gasteiger charge is 2.35. The number of nitro benzene ring substituents is 1. The average Bonchev–Trinajstić information content (AvgIpc) is 3.25. The Morgan fingerprint density at radius 1 is 1.16 bits per heavy atom. The third kappa shape index (κ3) is 4.62. The second kappa shape index (κ2) is 9.19. The van der Waals surface area contributed by atoms with E-state index in [1.165, 1.54) is 30.1 Å². The van der Waals surface area contributed by atoms with E-state index in [1.54, 1.807) is 18.2 Å². The van der Waals surface area contributed by atoms with Crippen molar-refractivity contribution in [2.75, 3.05) is 0 Å². The van der Waals surface area contributed by atoms with Gasteiger partial charge in [0.2, 0.25) is 18.0 Å². The number of benzene rings is 3. The Morgan fingerprint density at radius 3 is 2.66 bits per heavy atom. The van der Waals surface area contributed by atoms with Crippen LogP contribution in [0.3, 0.4) is 0 Å². The fourth-order valence-corrected chi connectivity index (χ4v) is 3.60. The highest BCUT2D eigenvalue weighted by atomic mass is 79.9. The van der Waals surface area contributed by atoms with Crippen molar-refractivity contribution in [3.63, 3.8) is 0 Å². The molecule has 0 saturated carbocycles. The third-order valence-corrected chi connectivity index (χ3v) is 5.24. The van der Waals surface area contributed by atoms with Gasteiger partial charge in [0.25, 0.3) is 5.69 Å². The molecule has 1 unspecified atom stereocenters. The van der Waals surface area contributed by atoms with Crippen LogP contribution in [0.2, 0.25) is 0 Å². The minimum atomic E-state index is -0.884. The maximum absolute atomic E-state index is 12.3. The molecule has 0 N–H and O–H groups in total. The quantitative estimate of drug-likeness (QED) is 0.347. The number of carbonyl (C=O) groups excluding carboxylic acids is 1. The van der Waals surface area contributed by atoms with Crippen LogP contribution < -0.4 is 4.74 Å². The number of nitro groups is 1. The van der Waals surface area contributed by atoms with E-state index in [1.807, 2.05) is 36.4 Å². The summed E-state index contributed by atoms with van der Waals surface area (Å²) in [5, 5.41) is 16.6. The first-order valence-corrected chi connectivity index (χ1v) is 10.5. The predicted octanol–water partition coefficient (Wildman–Crippen LogP) is 5.18. The Bertz CT molecular complexity index is 1200. The highest BCUT2D eigenvalue weighted by molar-refractivity contribution is 9.10. The zero-order valence-corrected chi connectivity index (χ0v) is 18.6. The molecule has 0 aromatic heterocycles. The van der Waals surface area contributed by atoms with E-state index in [0.717, 1.165) is 10.0 Å². The summed E-state index contributed by atoms with van der Waals surface area (Å²) in [7, 11) is 0. The number of hydrogen-bond donors (Lipinski definition) is 0. The van der Waals surface area contributed by atoms with Crippen LogP contribution in [0.1, 0.15) is 29.8 Å². The lowest BCUT2D eigenvalue weighted by molar-refractivity contribution is -0.384. The Morgan fingerprint density at radius 2 is 1.94 bits per heavy atom. The fraction of sp³-hybridized carbons (Fsp3) is 0.130. The number of carbonyl (C=O) groups is 1. The van der Waals surface area contributed by atoms with Gasteiger partial charge in [-0.3, -0.25) is 14.9 Å². The minimum Gasteiger partial charge on any atom is -0.488 e. The number of ether oxygens (including phenoxy) is 2. The lowest BCUT2D eigenvalue weighted by atomic mass is 10.1. The van der Waals surface area contributed by atoms with Crippen LogP contribution in [0.15, 0.2) is 82.4 Å². The Labute approximate surface area is 192 Å². The van der Waals surface area contributed by atoms with Crippen LogP contribution in [0.4, 0.5) is 5.69 Å². The van der Waals surface area contributed by atoms with Crippen molar-refractivity contribution in [1.82, 2.24) is 5.01 Å². The molecule has 1 amide bonds. The van der Waals surface area contributed by atoms with E-state index in [9.17, 15) is 14.9 Å². The maximum Gasteiger partial charge on any atom is 0.270 e. The van der Waals surface area contributed by atoms with Crippen molar-refractivity contribution in [2.24, 2.45) is 5.10 Å². The summed E-state index contributed by atoms with van der Waals surface area (Å²) in [5.74, 6) is 0.302. The van der Waals surface area contributed by atoms with E-state index >= 15 is 0 Å². The first kappa shape index (κ1) is 21.5. The van der Waals surface area contributed by atoms with Gasteiger partial charge in [0.1, 0.15) is 12.4 Å². The summed E-state index contributed by atoms with van der Waals surface area (Å²) >= 11 is 3.45. The monoisotopic (exact) mass is 495 g/mol. The van der Waals surface area contributed by atoms with Gasteiger partial charge in [-0.2, -0.15) is 5.01 Å². The van der Waals surface area contributed by atoms with Gasteiger partial charge in [-0.15, -0.1) is 5.10 Å². The number of amides is 1. The molecule has 162 valence electrons. The molecule has 4 rings (SSSR count). The molecule has 0 bridgehead atoms. The van der Waals surface area contributed by atoms with Gasteiger partial charge in [0.15, 0.2) is 0 Å². The van der Waals surface area contributed by atoms with Crippen LogP contribution in [0.5, 0.6) is 5.75 Å². The third-order valence-electron chi connectivity index (χ3n) is 4.75. The van der Waals surface area contributed by atoms with Gasteiger partial charge in [0, 0.05) is 29.1 Å². The van der Waals surface area contributed by atoms with E-state index in [4.69, 9.17) is 9.47 Å². The summed E-state index contributed by atoms with van der Waals surface area (Å²) in [6, 6.07) is 21.0. The summed E-state index contributed by atoms with van der Waals surface area (Å²) in [4.78, 5) is 23.0. The predicted molar refractivity (Wildman–Crippen MR) is 121 cm³/mol. The fourth-order valence-electron chi connectivity index (χ4n) is 3.22. The van der Waals surface area contributed by atoms with E-state index in [0.29, 0.717) is 23.5 Å². The number of halogens is 1. The van der Waals surface area contributed by atoms with Gasteiger partial charge in [-0.25, -0.2) is 0 Å². The van der Waals surface area contributed by atoms with Crippen molar-refractivity contribution >= 4 is 33.4 Å². The lowest BCUT2D eigenvalue weighted by Gasteiger charge is -2.22. The summed E-state index contributed by atoms with van der Waals surface area (Å²) in [6.07, 6.45) is -0.884. The number of hydrogen-bond acceptors (Lipinski definition) is 6. The molecule has 1 aliphatic heterocycles. The number of nitrogens with zero attached hydrogens (tertiary/aromatic N) is 3. The molecular formula is C23H18BrN3O5. The summed E-state index contributed by atoms with van der Waals surface area (Å²) in [5.41, 5.74) is 1.89. The standard InChI is InChI=1S/C23H18BrN3O5/c1-15(28)26-23(32-22(25-26)17-8-5-9-19(12-17)27(29)30)20-13-18(24)10-11-21(20)31-14-16-6-3-2-4-7-16/h2-13,23H,14H2,1H3. The largest absolute Gasteiger partial charge is 0.488 e. The van der Waals surface area contributed by atoms with Crippen LogP contribution in [-0.2, 0) is 16.1 Å². The van der Waals surface area contributed by atoms with Crippen LogP contribution in [0, 0.1) is 10.1 Å². The van der Waals surface area contributed by atoms with Crippen molar-refractivity contribution in [3.05, 3.63) is 104 Å². The SMILES string of the molecule is CC(=O)N1N=C(c2cccc([N+](=O)[O-])c2)OC1c1cc(Br)ccc1OCc1ccccc1. The normalized spacial score (nSPS) is 15.1. The molecule has 0 radical (unpaired) electrons. The second-order valence-electron chi connectivity index (χ2n) is 7.00. The van der Waals surface area contributed by atoms with Crippen molar-refractivity contribution in [3.8, 4) is 5.75 Å². The lowest BCUT2D eigenvalue weighted by Crippen LogP contribution is -2.25. The van der Waals surface area contributed by atoms with Gasteiger partial charge >= 0.3 is 0 Å². The first-order valence-electron chi connectivity index (χ1n) is 9.68. The molecule has 1 aliphatic rings. The maximum atomic E-state index is 12.3. The van der Waals surface area contributed by atoms with Gasteiger partial charge in [0.05, 0.1) is 10.5 Å². The van der Waals surface area contributed by atoms with E-state index in [-0.39, 0.29) is 17.5 Å². The van der Waals surface area contributed by atoms with E-state index < -0.39 is 11.2 Å². The average molecular weight is 496 g/mol. The van der Waals surface area contributed by atoms with Gasteiger partial charge in [-0.1, -0.05) is 52.3 Å². The zero-order chi connectivity index (χ0) is 22.7.